The molecule has 0 radical (unpaired) electrons. The summed E-state index contributed by atoms with van der Waals surface area (Å²) in [5, 5.41) is 12.8. The number of carbonyl (C=O) groups excluding carboxylic acids is 1. The van der Waals surface area contributed by atoms with Crippen LogP contribution in [0.3, 0.4) is 0 Å². The molecule has 1 saturated carbocycles. The third-order valence-corrected chi connectivity index (χ3v) is 4.98. The van der Waals surface area contributed by atoms with Gasteiger partial charge in [0.05, 0.1) is 23.6 Å². The monoisotopic (exact) mass is 360 g/mol. The Bertz CT molecular complexity index is 1120. The number of anilines is 2. The van der Waals surface area contributed by atoms with Gasteiger partial charge in [-0.25, -0.2) is 9.37 Å². The molecule has 1 amide bonds. The van der Waals surface area contributed by atoms with Gasteiger partial charge in [0.2, 0.25) is 5.91 Å². The molecule has 134 valence electrons. The van der Waals surface area contributed by atoms with Gasteiger partial charge in [0.1, 0.15) is 5.82 Å². The average molecular weight is 360 g/mol. The van der Waals surface area contributed by atoms with Crippen LogP contribution in [-0.2, 0) is 4.79 Å². The lowest BCUT2D eigenvalue weighted by Crippen LogP contribution is -2.15. The number of rotatable bonds is 3. The molecule has 0 spiro atoms. The fourth-order valence-electron chi connectivity index (χ4n) is 3.28. The molecule has 1 aliphatic rings. The number of nitrogens with zero attached hydrogens (tertiary/aromatic N) is 2. The Morgan fingerprint density at radius 1 is 1.33 bits per heavy atom. The van der Waals surface area contributed by atoms with E-state index in [-0.39, 0.29) is 23.4 Å². The standard InChI is InChI=1S/C21H17FN4O/c1-11-4-2-3-5-14(11)16-6-12-8-18(25-10-17(12)20(24)19(16)22)26-21(27)15-7-13(15)9-23/h2-6,8,10,13,15H,7,24H2,1H3,(H,25,26,27). The summed E-state index contributed by atoms with van der Waals surface area (Å²) in [4.78, 5) is 16.3. The van der Waals surface area contributed by atoms with Gasteiger partial charge in [-0.1, -0.05) is 24.3 Å². The van der Waals surface area contributed by atoms with E-state index in [4.69, 9.17) is 11.0 Å². The number of nitriles is 1. The van der Waals surface area contributed by atoms with Crippen LogP contribution >= 0.6 is 0 Å². The van der Waals surface area contributed by atoms with Crippen LogP contribution in [0.15, 0.2) is 42.6 Å². The van der Waals surface area contributed by atoms with E-state index in [0.29, 0.717) is 28.6 Å². The Morgan fingerprint density at radius 2 is 2.11 bits per heavy atom. The van der Waals surface area contributed by atoms with Gasteiger partial charge in [-0.2, -0.15) is 5.26 Å². The van der Waals surface area contributed by atoms with Crippen LogP contribution < -0.4 is 11.1 Å². The minimum atomic E-state index is -0.481. The number of hydrogen-bond donors (Lipinski definition) is 2. The molecule has 0 bridgehead atoms. The fraction of sp³-hybridized carbons (Fsp3) is 0.190. The Hall–Kier alpha value is -3.46. The zero-order valence-electron chi connectivity index (χ0n) is 14.7. The van der Waals surface area contributed by atoms with Crippen molar-refractivity contribution in [2.45, 2.75) is 13.3 Å². The zero-order valence-corrected chi connectivity index (χ0v) is 14.7. The summed E-state index contributed by atoms with van der Waals surface area (Å²) in [7, 11) is 0. The van der Waals surface area contributed by atoms with Crippen molar-refractivity contribution in [3.05, 3.63) is 54.0 Å². The number of benzene rings is 2. The number of fused-ring (bicyclic) bond motifs is 1. The molecule has 1 fully saturated rings. The van der Waals surface area contributed by atoms with Crippen molar-refractivity contribution in [3.8, 4) is 17.2 Å². The molecule has 3 aromatic rings. The number of nitrogens with two attached hydrogens (primary N) is 1. The SMILES string of the molecule is Cc1ccccc1-c1cc2cc(NC(=O)C3CC3C#N)ncc2c(N)c1F. The second kappa shape index (κ2) is 6.36. The summed E-state index contributed by atoms with van der Waals surface area (Å²) in [6.07, 6.45) is 2.03. The largest absolute Gasteiger partial charge is 0.396 e. The number of hydrogen-bond acceptors (Lipinski definition) is 4. The summed E-state index contributed by atoms with van der Waals surface area (Å²) in [6, 6.07) is 13.0. The maximum atomic E-state index is 14.9. The number of carbonyl (C=O) groups is 1. The van der Waals surface area contributed by atoms with Crippen LogP contribution in [0.5, 0.6) is 0 Å². The quantitative estimate of drug-likeness (QED) is 0.690. The van der Waals surface area contributed by atoms with Crippen molar-refractivity contribution in [1.82, 2.24) is 4.98 Å². The molecule has 0 saturated heterocycles. The van der Waals surface area contributed by atoms with Crippen LogP contribution in [0.4, 0.5) is 15.9 Å². The highest BCUT2D eigenvalue weighted by molar-refractivity contribution is 6.00. The second-order valence-corrected chi connectivity index (χ2v) is 6.82. The molecule has 1 heterocycles. The Morgan fingerprint density at radius 3 is 2.81 bits per heavy atom. The normalized spacial score (nSPS) is 18.1. The van der Waals surface area contributed by atoms with Gasteiger partial charge < -0.3 is 11.1 Å². The molecule has 5 nitrogen and oxygen atoms in total. The third kappa shape index (κ3) is 2.97. The highest BCUT2D eigenvalue weighted by Gasteiger charge is 2.43. The summed E-state index contributed by atoms with van der Waals surface area (Å²) < 4.78 is 14.9. The number of aromatic nitrogens is 1. The maximum Gasteiger partial charge on any atom is 0.230 e. The number of pyridine rings is 1. The summed E-state index contributed by atoms with van der Waals surface area (Å²) in [6.45, 7) is 1.91. The first kappa shape index (κ1) is 17.0. The molecule has 4 rings (SSSR count). The molecule has 0 aliphatic heterocycles. The van der Waals surface area contributed by atoms with Crippen LogP contribution in [0, 0.1) is 35.9 Å². The molecule has 3 N–H and O–H groups in total. The van der Waals surface area contributed by atoms with Gasteiger partial charge in [0.25, 0.3) is 0 Å². The Kier molecular flexibility index (Phi) is 4.00. The average Bonchev–Trinajstić information content (AvgIpc) is 3.45. The predicted molar refractivity (Wildman–Crippen MR) is 102 cm³/mol. The van der Waals surface area contributed by atoms with E-state index in [2.05, 4.69) is 16.4 Å². The number of aryl methyl sites for hydroxylation is 1. The Labute approximate surface area is 155 Å². The molecular weight excluding hydrogens is 343 g/mol. The number of halogens is 1. The number of nitrogen functional groups attached to an aromatic ring is 1. The molecule has 6 heteroatoms. The van der Waals surface area contributed by atoms with E-state index in [9.17, 15) is 9.18 Å². The van der Waals surface area contributed by atoms with Crippen molar-refractivity contribution >= 4 is 28.2 Å². The van der Waals surface area contributed by atoms with Crippen molar-refractivity contribution in [3.63, 3.8) is 0 Å². The third-order valence-electron chi connectivity index (χ3n) is 4.98. The first-order valence-corrected chi connectivity index (χ1v) is 8.64. The lowest BCUT2D eigenvalue weighted by molar-refractivity contribution is -0.117. The van der Waals surface area contributed by atoms with Crippen molar-refractivity contribution in [1.29, 1.82) is 5.26 Å². The smallest absolute Gasteiger partial charge is 0.230 e. The van der Waals surface area contributed by atoms with E-state index in [1.165, 1.54) is 6.20 Å². The van der Waals surface area contributed by atoms with E-state index in [1.807, 2.05) is 31.2 Å². The van der Waals surface area contributed by atoms with Crippen LogP contribution in [0.2, 0.25) is 0 Å². The van der Waals surface area contributed by atoms with Gasteiger partial charge in [-0.15, -0.1) is 0 Å². The lowest BCUT2D eigenvalue weighted by Gasteiger charge is -2.13. The molecule has 2 atom stereocenters. The summed E-state index contributed by atoms with van der Waals surface area (Å²) in [5.74, 6) is -0.846. The summed E-state index contributed by atoms with van der Waals surface area (Å²) in [5.41, 5.74) is 8.16. The maximum absolute atomic E-state index is 14.9. The topological polar surface area (TPSA) is 91.8 Å². The molecule has 2 unspecified atom stereocenters. The van der Waals surface area contributed by atoms with Gasteiger partial charge in [-0.3, -0.25) is 4.79 Å². The van der Waals surface area contributed by atoms with Crippen molar-refractivity contribution < 1.29 is 9.18 Å². The predicted octanol–water partition coefficient (Wildman–Crippen LogP) is 4.03. The molecule has 1 aliphatic carbocycles. The van der Waals surface area contributed by atoms with Crippen molar-refractivity contribution in [2.75, 3.05) is 11.1 Å². The first-order chi connectivity index (χ1) is 13.0. The van der Waals surface area contributed by atoms with E-state index in [1.54, 1.807) is 12.1 Å². The lowest BCUT2D eigenvalue weighted by atomic mass is 9.96. The first-order valence-electron chi connectivity index (χ1n) is 8.64. The van der Waals surface area contributed by atoms with Gasteiger partial charge in [0, 0.05) is 17.1 Å². The van der Waals surface area contributed by atoms with E-state index >= 15 is 0 Å². The van der Waals surface area contributed by atoms with Crippen LogP contribution in [-0.4, -0.2) is 10.9 Å². The molecule has 1 aromatic heterocycles. The minimum Gasteiger partial charge on any atom is -0.396 e. The van der Waals surface area contributed by atoms with E-state index < -0.39 is 5.82 Å². The van der Waals surface area contributed by atoms with Crippen molar-refractivity contribution in [2.24, 2.45) is 11.8 Å². The number of nitrogens with one attached hydrogen (secondary N) is 1. The number of amides is 1. The van der Waals surface area contributed by atoms with Gasteiger partial charge in [0.15, 0.2) is 5.82 Å². The molecular formula is C21H17FN4O. The van der Waals surface area contributed by atoms with Crippen LogP contribution in [0.25, 0.3) is 21.9 Å². The van der Waals surface area contributed by atoms with Crippen LogP contribution in [0.1, 0.15) is 12.0 Å². The molecule has 2 aromatic carbocycles. The van der Waals surface area contributed by atoms with E-state index in [0.717, 1.165) is 11.1 Å². The minimum absolute atomic E-state index is 0.0304. The fourth-order valence-corrected chi connectivity index (χ4v) is 3.28. The summed E-state index contributed by atoms with van der Waals surface area (Å²) >= 11 is 0. The molecule has 27 heavy (non-hydrogen) atoms. The van der Waals surface area contributed by atoms with Gasteiger partial charge in [-0.05, 0) is 42.0 Å². The second-order valence-electron chi connectivity index (χ2n) is 6.82. The van der Waals surface area contributed by atoms with Gasteiger partial charge >= 0.3 is 0 Å². The highest BCUT2D eigenvalue weighted by Crippen LogP contribution is 2.39. The Balaban J connectivity index is 1.75. The highest BCUT2D eigenvalue weighted by atomic mass is 19.1. The zero-order chi connectivity index (χ0) is 19.1.